The van der Waals surface area contributed by atoms with E-state index in [2.05, 4.69) is 15.6 Å². The van der Waals surface area contributed by atoms with Gasteiger partial charge in [-0.25, -0.2) is 9.48 Å². The van der Waals surface area contributed by atoms with Gasteiger partial charge >= 0.3 is 5.97 Å². The fourth-order valence-corrected chi connectivity index (χ4v) is 1.69. The molecule has 0 aliphatic rings. The van der Waals surface area contributed by atoms with Crippen LogP contribution in [-0.2, 0) is 11.3 Å². The summed E-state index contributed by atoms with van der Waals surface area (Å²) >= 11 is 0. The van der Waals surface area contributed by atoms with Crippen LogP contribution in [0, 0.1) is 5.92 Å². The molecular weight excluding hydrogens is 262 g/mol. The zero-order valence-electron chi connectivity index (χ0n) is 12.2. The van der Waals surface area contributed by atoms with Crippen LogP contribution in [0.1, 0.15) is 24.3 Å². The first-order valence-electron chi connectivity index (χ1n) is 6.37. The Balaban J connectivity index is 2.58. The Kier molecular flexibility index (Phi) is 5.63. The maximum atomic E-state index is 11.9. The SMILES string of the molecule is CC(C)C(CN(C)C)NC(=O)Cn1cc(C(=O)O)nn1. The van der Waals surface area contributed by atoms with Crippen molar-refractivity contribution in [3.05, 3.63) is 11.9 Å². The molecule has 0 radical (unpaired) electrons. The van der Waals surface area contributed by atoms with E-state index in [1.165, 1.54) is 10.9 Å². The van der Waals surface area contributed by atoms with Crippen LogP contribution in [0.3, 0.4) is 0 Å². The summed E-state index contributed by atoms with van der Waals surface area (Å²) in [4.78, 5) is 24.6. The summed E-state index contributed by atoms with van der Waals surface area (Å²) in [5.41, 5.74) is -0.175. The molecule has 0 aromatic carbocycles. The van der Waals surface area contributed by atoms with Gasteiger partial charge in [-0.05, 0) is 20.0 Å². The van der Waals surface area contributed by atoms with Crippen LogP contribution in [0.15, 0.2) is 6.20 Å². The molecule has 1 rings (SSSR count). The fourth-order valence-electron chi connectivity index (χ4n) is 1.69. The number of aromatic carboxylic acids is 1. The van der Waals surface area contributed by atoms with Gasteiger partial charge in [-0.3, -0.25) is 4.79 Å². The standard InChI is InChI=1S/C12H21N5O3/c1-8(2)9(5-16(3)4)13-11(18)7-17-6-10(12(19)20)14-15-17/h6,8-9H,5,7H2,1-4H3,(H,13,18)(H,19,20). The molecule has 20 heavy (non-hydrogen) atoms. The second-order valence-corrected chi connectivity index (χ2v) is 5.29. The van der Waals surface area contributed by atoms with E-state index in [1.807, 2.05) is 32.8 Å². The summed E-state index contributed by atoms with van der Waals surface area (Å²) in [6.45, 7) is 4.76. The Labute approximate surface area is 117 Å². The number of carboxylic acids is 1. The molecule has 1 atom stereocenters. The predicted octanol–water partition coefficient (Wildman–Crippen LogP) is -0.321. The van der Waals surface area contributed by atoms with Crippen LogP contribution < -0.4 is 5.32 Å². The van der Waals surface area contributed by atoms with Crippen LogP contribution in [0.25, 0.3) is 0 Å². The smallest absolute Gasteiger partial charge is 0.358 e. The van der Waals surface area contributed by atoms with Gasteiger partial charge in [-0.1, -0.05) is 19.1 Å². The molecule has 1 aromatic rings. The molecule has 1 unspecified atom stereocenters. The molecule has 2 N–H and O–H groups in total. The molecule has 8 nitrogen and oxygen atoms in total. The third kappa shape index (κ3) is 4.96. The van der Waals surface area contributed by atoms with Crippen molar-refractivity contribution in [3.8, 4) is 0 Å². The maximum absolute atomic E-state index is 11.9. The number of likely N-dealkylation sites (N-methyl/N-ethyl adjacent to an activating group) is 1. The van der Waals surface area contributed by atoms with E-state index in [4.69, 9.17) is 5.11 Å². The molecule has 0 saturated carbocycles. The third-order valence-corrected chi connectivity index (χ3v) is 2.78. The summed E-state index contributed by atoms with van der Waals surface area (Å²) in [5, 5.41) is 18.7. The highest BCUT2D eigenvalue weighted by atomic mass is 16.4. The molecule has 0 bridgehead atoms. The minimum atomic E-state index is -1.16. The average molecular weight is 283 g/mol. The molecule has 0 aliphatic heterocycles. The summed E-state index contributed by atoms with van der Waals surface area (Å²) < 4.78 is 1.21. The van der Waals surface area contributed by atoms with Crippen molar-refractivity contribution >= 4 is 11.9 Å². The van der Waals surface area contributed by atoms with Gasteiger partial charge in [0.1, 0.15) is 6.54 Å². The quantitative estimate of drug-likeness (QED) is 0.711. The van der Waals surface area contributed by atoms with Crippen molar-refractivity contribution in [2.45, 2.75) is 26.4 Å². The number of rotatable bonds is 7. The average Bonchev–Trinajstić information content (AvgIpc) is 2.75. The van der Waals surface area contributed by atoms with Gasteiger partial charge in [0.2, 0.25) is 5.91 Å². The van der Waals surface area contributed by atoms with Crippen LogP contribution in [0.5, 0.6) is 0 Å². The Morgan fingerprint density at radius 3 is 2.55 bits per heavy atom. The van der Waals surface area contributed by atoms with Gasteiger partial charge in [0, 0.05) is 12.6 Å². The number of hydrogen-bond acceptors (Lipinski definition) is 5. The van der Waals surface area contributed by atoms with Crippen molar-refractivity contribution in [1.82, 2.24) is 25.2 Å². The lowest BCUT2D eigenvalue weighted by Crippen LogP contribution is -2.46. The minimum absolute atomic E-state index is 0.0277. The van der Waals surface area contributed by atoms with Gasteiger partial charge in [-0.15, -0.1) is 5.10 Å². The Bertz CT molecular complexity index is 469. The molecule has 0 aliphatic carbocycles. The van der Waals surface area contributed by atoms with Crippen LogP contribution in [0.2, 0.25) is 0 Å². The van der Waals surface area contributed by atoms with E-state index in [0.29, 0.717) is 5.92 Å². The first kappa shape index (κ1) is 16.1. The number of carboxylic acid groups (broad SMARTS) is 1. The number of nitrogens with one attached hydrogen (secondary N) is 1. The monoisotopic (exact) mass is 283 g/mol. The summed E-state index contributed by atoms with van der Waals surface area (Å²) in [6, 6.07) is 0.0277. The zero-order chi connectivity index (χ0) is 15.3. The van der Waals surface area contributed by atoms with E-state index in [-0.39, 0.29) is 24.2 Å². The highest BCUT2D eigenvalue weighted by Crippen LogP contribution is 2.03. The minimum Gasteiger partial charge on any atom is -0.476 e. The van der Waals surface area contributed by atoms with E-state index >= 15 is 0 Å². The van der Waals surface area contributed by atoms with E-state index in [9.17, 15) is 9.59 Å². The van der Waals surface area contributed by atoms with Crippen LogP contribution in [-0.4, -0.2) is 63.6 Å². The van der Waals surface area contributed by atoms with Gasteiger partial charge in [-0.2, -0.15) is 0 Å². The summed E-state index contributed by atoms with van der Waals surface area (Å²) in [6.07, 6.45) is 1.23. The Morgan fingerprint density at radius 1 is 1.45 bits per heavy atom. The van der Waals surface area contributed by atoms with E-state index in [0.717, 1.165) is 6.54 Å². The molecule has 0 saturated heterocycles. The highest BCUT2D eigenvalue weighted by molar-refractivity contribution is 5.84. The highest BCUT2D eigenvalue weighted by Gasteiger charge is 2.18. The summed E-state index contributed by atoms with van der Waals surface area (Å²) in [5.74, 6) is -1.08. The molecule has 1 aromatic heterocycles. The predicted molar refractivity (Wildman–Crippen MR) is 72.3 cm³/mol. The van der Waals surface area contributed by atoms with Crippen molar-refractivity contribution in [2.24, 2.45) is 5.92 Å². The van der Waals surface area contributed by atoms with Crippen LogP contribution >= 0.6 is 0 Å². The maximum Gasteiger partial charge on any atom is 0.358 e. The lowest BCUT2D eigenvalue weighted by molar-refractivity contribution is -0.123. The molecule has 8 heteroatoms. The fraction of sp³-hybridized carbons (Fsp3) is 0.667. The second kappa shape index (κ2) is 6.99. The van der Waals surface area contributed by atoms with Crippen molar-refractivity contribution < 1.29 is 14.7 Å². The Hall–Kier alpha value is -1.96. The first-order chi connectivity index (χ1) is 9.29. The third-order valence-electron chi connectivity index (χ3n) is 2.78. The topological polar surface area (TPSA) is 100 Å². The van der Waals surface area contributed by atoms with Crippen molar-refractivity contribution in [1.29, 1.82) is 0 Å². The molecule has 0 fully saturated rings. The number of hydrogen-bond donors (Lipinski definition) is 2. The van der Waals surface area contributed by atoms with Gasteiger partial charge < -0.3 is 15.3 Å². The van der Waals surface area contributed by atoms with E-state index in [1.54, 1.807) is 0 Å². The molecular formula is C12H21N5O3. The molecule has 1 heterocycles. The Morgan fingerprint density at radius 2 is 2.10 bits per heavy atom. The summed E-state index contributed by atoms with van der Waals surface area (Å²) in [7, 11) is 3.89. The number of amides is 1. The molecule has 112 valence electrons. The van der Waals surface area contributed by atoms with Gasteiger partial charge in [0.25, 0.3) is 0 Å². The first-order valence-corrected chi connectivity index (χ1v) is 6.37. The van der Waals surface area contributed by atoms with Gasteiger partial charge in [0.05, 0.1) is 6.20 Å². The zero-order valence-corrected chi connectivity index (χ0v) is 12.2. The normalized spacial score (nSPS) is 12.7. The number of carbonyl (C=O) groups excluding carboxylic acids is 1. The van der Waals surface area contributed by atoms with Crippen molar-refractivity contribution in [3.63, 3.8) is 0 Å². The molecule has 0 spiro atoms. The number of carbonyl (C=O) groups is 2. The lowest BCUT2D eigenvalue weighted by atomic mass is 10.0. The van der Waals surface area contributed by atoms with Crippen LogP contribution in [0.4, 0.5) is 0 Å². The largest absolute Gasteiger partial charge is 0.476 e. The number of aromatic nitrogens is 3. The van der Waals surface area contributed by atoms with Crippen molar-refractivity contribution in [2.75, 3.05) is 20.6 Å². The van der Waals surface area contributed by atoms with Gasteiger partial charge in [0.15, 0.2) is 5.69 Å². The van der Waals surface area contributed by atoms with E-state index < -0.39 is 5.97 Å². The molecule has 1 amide bonds. The number of nitrogens with zero attached hydrogens (tertiary/aromatic N) is 4. The lowest BCUT2D eigenvalue weighted by Gasteiger charge is -2.25. The second-order valence-electron chi connectivity index (χ2n) is 5.29.